The van der Waals surface area contributed by atoms with E-state index in [1.807, 2.05) is 12.1 Å². The molecule has 1 aliphatic carbocycles. The van der Waals surface area contributed by atoms with Crippen LogP contribution in [0, 0.1) is 5.92 Å². The van der Waals surface area contributed by atoms with Gasteiger partial charge >= 0.3 is 0 Å². The van der Waals surface area contributed by atoms with Crippen molar-refractivity contribution >= 4 is 5.69 Å². The van der Waals surface area contributed by atoms with E-state index in [2.05, 4.69) is 24.4 Å². The second kappa shape index (κ2) is 4.36. The van der Waals surface area contributed by atoms with Crippen molar-refractivity contribution in [1.82, 2.24) is 0 Å². The highest BCUT2D eigenvalue weighted by Crippen LogP contribution is 2.29. The average molecular weight is 191 g/mol. The van der Waals surface area contributed by atoms with E-state index in [4.69, 9.17) is 4.74 Å². The SMILES string of the molecule is CCNc1ccc(OCC2CC2)cc1. The molecule has 1 fully saturated rings. The summed E-state index contributed by atoms with van der Waals surface area (Å²) in [5.41, 5.74) is 1.16. The van der Waals surface area contributed by atoms with Gasteiger partial charge < -0.3 is 10.1 Å². The van der Waals surface area contributed by atoms with Gasteiger partial charge in [-0.15, -0.1) is 0 Å². The summed E-state index contributed by atoms with van der Waals surface area (Å²) in [7, 11) is 0. The fourth-order valence-corrected chi connectivity index (χ4v) is 1.37. The van der Waals surface area contributed by atoms with Crippen molar-refractivity contribution < 1.29 is 4.74 Å². The van der Waals surface area contributed by atoms with Crippen LogP contribution < -0.4 is 10.1 Å². The first-order valence-electron chi connectivity index (χ1n) is 5.35. The Balaban J connectivity index is 1.84. The zero-order valence-electron chi connectivity index (χ0n) is 8.62. The monoisotopic (exact) mass is 191 g/mol. The Morgan fingerprint density at radius 3 is 2.57 bits per heavy atom. The highest BCUT2D eigenvalue weighted by atomic mass is 16.5. The van der Waals surface area contributed by atoms with E-state index in [-0.39, 0.29) is 0 Å². The van der Waals surface area contributed by atoms with Crippen LogP contribution in [0.3, 0.4) is 0 Å². The lowest BCUT2D eigenvalue weighted by Crippen LogP contribution is -1.99. The molecule has 0 atom stereocenters. The van der Waals surface area contributed by atoms with E-state index in [1.165, 1.54) is 12.8 Å². The molecular weight excluding hydrogens is 174 g/mol. The number of ether oxygens (including phenoxy) is 1. The molecule has 14 heavy (non-hydrogen) atoms. The van der Waals surface area contributed by atoms with E-state index in [0.29, 0.717) is 0 Å². The summed E-state index contributed by atoms with van der Waals surface area (Å²) in [5.74, 6) is 1.81. The van der Waals surface area contributed by atoms with Crippen molar-refractivity contribution in [2.24, 2.45) is 5.92 Å². The normalized spacial score (nSPS) is 15.2. The number of rotatable bonds is 5. The van der Waals surface area contributed by atoms with Gasteiger partial charge in [0.05, 0.1) is 6.61 Å². The third-order valence-corrected chi connectivity index (χ3v) is 2.42. The molecule has 0 saturated heterocycles. The Hall–Kier alpha value is -1.18. The molecular formula is C12H17NO. The molecule has 0 radical (unpaired) electrons. The van der Waals surface area contributed by atoms with Crippen LogP contribution in [-0.2, 0) is 0 Å². The highest BCUT2D eigenvalue weighted by molar-refractivity contribution is 5.46. The van der Waals surface area contributed by atoms with E-state index in [0.717, 1.165) is 30.5 Å². The second-order valence-corrected chi connectivity index (χ2v) is 3.81. The molecule has 1 aromatic carbocycles. The molecule has 2 rings (SSSR count). The van der Waals surface area contributed by atoms with Crippen molar-refractivity contribution in [3.63, 3.8) is 0 Å². The van der Waals surface area contributed by atoms with Gasteiger partial charge in [0.1, 0.15) is 5.75 Å². The Kier molecular flexibility index (Phi) is 2.92. The quantitative estimate of drug-likeness (QED) is 0.772. The Labute approximate surface area is 85.3 Å². The van der Waals surface area contributed by atoms with E-state index < -0.39 is 0 Å². The third kappa shape index (κ3) is 2.66. The van der Waals surface area contributed by atoms with Crippen LogP contribution in [0.25, 0.3) is 0 Å². The van der Waals surface area contributed by atoms with Gasteiger partial charge in [-0.1, -0.05) is 0 Å². The summed E-state index contributed by atoms with van der Waals surface area (Å²) >= 11 is 0. The zero-order valence-corrected chi connectivity index (χ0v) is 8.62. The molecule has 1 saturated carbocycles. The Morgan fingerprint density at radius 2 is 2.00 bits per heavy atom. The first kappa shape index (κ1) is 9.38. The maximum atomic E-state index is 5.64. The largest absolute Gasteiger partial charge is 0.493 e. The summed E-state index contributed by atoms with van der Waals surface area (Å²) < 4.78 is 5.64. The minimum absolute atomic E-state index is 0.823. The number of benzene rings is 1. The molecule has 0 spiro atoms. The van der Waals surface area contributed by atoms with Gasteiger partial charge in [-0.25, -0.2) is 0 Å². The standard InChI is InChI=1S/C12H17NO/c1-2-13-11-5-7-12(8-6-11)14-9-10-3-4-10/h5-8,10,13H,2-4,9H2,1H3. The fourth-order valence-electron chi connectivity index (χ4n) is 1.37. The summed E-state index contributed by atoms with van der Waals surface area (Å²) in [6, 6.07) is 8.18. The first-order valence-corrected chi connectivity index (χ1v) is 5.35. The molecule has 1 N–H and O–H groups in total. The third-order valence-electron chi connectivity index (χ3n) is 2.42. The number of hydrogen-bond donors (Lipinski definition) is 1. The smallest absolute Gasteiger partial charge is 0.119 e. The van der Waals surface area contributed by atoms with Crippen molar-refractivity contribution in [2.45, 2.75) is 19.8 Å². The second-order valence-electron chi connectivity index (χ2n) is 3.81. The summed E-state index contributed by atoms with van der Waals surface area (Å²) in [6.45, 7) is 3.94. The van der Waals surface area contributed by atoms with Gasteiger partial charge in [0.2, 0.25) is 0 Å². The zero-order chi connectivity index (χ0) is 9.80. The van der Waals surface area contributed by atoms with Crippen molar-refractivity contribution in [3.05, 3.63) is 24.3 Å². The molecule has 1 aromatic rings. The van der Waals surface area contributed by atoms with Gasteiger partial charge in [0.15, 0.2) is 0 Å². The molecule has 0 amide bonds. The number of hydrogen-bond acceptors (Lipinski definition) is 2. The molecule has 0 aromatic heterocycles. The minimum atomic E-state index is 0.823. The van der Waals surface area contributed by atoms with Crippen LogP contribution >= 0.6 is 0 Å². The number of nitrogens with one attached hydrogen (secondary N) is 1. The topological polar surface area (TPSA) is 21.3 Å². The molecule has 76 valence electrons. The highest BCUT2D eigenvalue weighted by Gasteiger charge is 2.21. The van der Waals surface area contributed by atoms with Gasteiger partial charge in [-0.05, 0) is 49.9 Å². The summed E-state index contributed by atoms with van der Waals surface area (Å²) in [4.78, 5) is 0. The number of anilines is 1. The minimum Gasteiger partial charge on any atom is -0.493 e. The van der Waals surface area contributed by atoms with Gasteiger partial charge in [-0.2, -0.15) is 0 Å². The van der Waals surface area contributed by atoms with Crippen molar-refractivity contribution in [1.29, 1.82) is 0 Å². The van der Waals surface area contributed by atoms with Crippen LogP contribution in [0.5, 0.6) is 5.75 Å². The van der Waals surface area contributed by atoms with Crippen molar-refractivity contribution in [3.8, 4) is 5.75 Å². The molecule has 0 bridgehead atoms. The van der Waals surface area contributed by atoms with Gasteiger partial charge in [0.25, 0.3) is 0 Å². The van der Waals surface area contributed by atoms with Gasteiger partial charge in [0, 0.05) is 12.2 Å². The maximum absolute atomic E-state index is 5.64. The molecule has 0 unspecified atom stereocenters. The van der Waals surface area contributed by atoms with E-state index in [9.17, 15) is 0 Å². The first-order chi connectivity index (χ1) is 6.88. The fraction of sp³-hybridized carbons (Fsp3) is 0.500. The van der Waals surface area contributed by atoms with Crippen molar-refractivity contribution in [2.75, 3.05) is 18.5 Å². The van der Waals surface area contributed by atoms with E-state index in [1.54, 1.807) is 0 Å². The predicted octanol–water partition coefficient (Wildman–Crippen LogP) is 2.91. The molecule has 0 aliphatic heterocycles. The summed E-state index contributed by atoms with van der Waals surface area (Å²) in [6.07, 6.45) is 2.69. The predicted molar refractivity (Wildman–Crippen MR) is 58.8 cm³/mol. The lowest BCUT2D eigenvalue weighted by Gasteiger charge is -2.06. The lowest BCUT2D eigenvalue weighted by molar-refractivity contribution is 0.300. The van der Waals surface area contributed by atoms with Crippen LogP contribution in [0.4, 0.5) is 5.69 Å². The molecule has 0 heterocycles. The lowest BCUT2D eigenvalue weighted by atomic mass is 10.3. The molecule has 1 aliphatic rings. The van der Waals surface area contributed by atoms with Crippen LogP contribution in [0.15, 0.2) is 24.3 Å². The summed E-state index contributed by atoms with van der Waals surface area (Å²) in [5, 5.41) is 3.26. The van der Waals surface area contributed by atoms with Crippen LogP contribution in [0.2, 0.25) is 0 Å². The van der Waals surface area contributed by atoms with E-state index >= 15 is 0 Å². The molecule has 2 heteroatoms. The molecule has 2 nitrogen and oxygen atoms in total. The maximum Gasteiger partial charge on any atom is 0.119 e. The average Bonchev–Trinajstić information content (AvgIpc) is 3.01. The Bertz CT molecular complexity index is 277. The van der Waals surface area contributed by atoms with Crippen LogP contribution in [-0.4, -0.2) is 13.2 Å². The van der Waals surface area contributed by atoms with Crippen LogP contribution in [0.1, 0.15) is 19.8 Å². The Morgan fingerprint density at radius 1 is 1.29 bits per heavy atom. The van der Waals surface area contributed by atoms with Gasteiger partial charge in [-0.3, -0.25) is 0 Å².